The molecule has 0 bridgehead atoms. The molecule has 0 radical (unpaired) electrons. The number of hydrogen-bond acceptors (Lipinski definition) is 4. The van der Waals surface area contributed by atoms with Gasteiger partial charge in [-0.1, -0.05) is 26.0 Å². The minimum absolute atomic E-state index is 0.00698. The summed E-state index contributed by atoms with van der Waals surface area (Å²) in [6, 6.07) is 7.53. The van der Waals surface area contributed by atoms with Gasteiger partial charge in [0.15, 0.2) is 0 Å². The first-order chi connectivity index (χ1) is 12.3. The van der Waals surface area contributed by atoms with E-state index < -0.39 is 0 Å². The van der Waals surface area contributed by atoms with Crippen LogP contribution in [0.5, 0.6) is 0 Å². The molecule has 1 N–H and O–H groups in total. The molecule has 1 aromatic rings. The number of likely N-dealkylation sites (tertiary alicyclic amines) is 1. The Morgan fingerprint density at radius 2 is 1.85 bits per heavy atom. The zero-order valence-corrected chi connectivity index (χ0v) is 17.2. The van der Waals surface area contributed by atoms with Crippen LogP contribution in [0, 0.1) is 5.41 Å². The van der Waals surface area contributed by atoms with Gasteiger partial charge in [0.05, 0.1) is 11.3 Å². The van der Waals surface area contributed by atoms with Crippen LogP contribution < -0.4 is 5.32 Å². The van der Waals surface area contributed by atoms with Crippen molar-refractivity contribution in [2.45, 2.75) is 31.6 Å². The quantitative estimate of drug-likeness (QED) is 0.708. The van der Waals surface area contributed by atoms with Crippen molar-refractivity contribution in [2.24, 2.45) is 5.41 Å². The normalized spacial score (nSPS) is 14.7. The molecule has 26 heavy (non-hydrogen) atoms. The zero-order valence-electron chi connectivity index (χ0n) is 16.4. The minimum atomic E-state index is -0.0754. The van der Waals surface area contributed by atoms with Crippen LogP contribution in [0.4, 0.5) is 0 Å². The lowest BCUT2D eigenvalue weighted by Crippen LogP contribution is -2.40. The molecule has 5 nitrogen and oxygen atoms in total. The van der Waals surface area contributed by atoms with E-state index in [-0.39, 0.29) is 17.2 Å². The molecule has 2 amide bonds. The number of rotatable bonds is 8. The zero-order chi connectivity index (χ0) is 19.2. The molecule has 0 spiro atoms. The molecule has 0 saturated carbocycles. The molecule has 1 aliphatic rings. The predicted octanol–water partition coefficient (Wildman–Crippen LogP) is 2.72. The molecule has 0 aromatic heterocycles. The average molecular weight is 378 g/mol. The highest BCUT2D eigenvalue weighted by molar-refractivity contribution is 8.00. The van der Waals surface area contributed by atoms with E-state index in [0.717, 1.165) is 37.4 Å². The van der Waals surface area contributed by atoms with Gasteiger partial charge in [-0.25, -0.2) is 0 Å². The summed E-state index contributed by atoms with van der Waals surface area (Å²) in [7, 11) is 4.07. The van der Waals surface area contributed by atoms with Gasteiger partial charge in [-0.2, -0.15) is 0 Å². The highest BCUT2D eigenvalue weighted by Gasteiger charge is 2.22. The van der Waals surface area contributed by atoms with Crippen LogP contribution in [0.2, 0.25) is 0 Å². The Morgan fingerprint density at radius 3 is 2.50 bits per heavy atom. The predicted molar refractivity (Wildman–Crippen MR) is 108 cm³/mol. The molecule has 0 unspecified atom stereocenters. The van der Waals surface area contributed by atoms with E-state index in [1.165, 1.54) is 11.8 Å². The fourth-order valence-corrected chi connectivity index (χ4v) is 4.26. The van der Waals surface area contributed by atoms with Crippen molar-refractivity contribution in [2.75, 3.05) is 46.0 Å². The highest BCUT2D eigenvalue weighted by atomic mass is 32.2. The molecule has 2 rings (SSSR count). The smallest absolute Gasteiger partial charge is 0.252 e. The van der Waals surface area contributed by atoms with Gasteiger partial charge in [-0.15, -0.1) is 11.8 Å². The maximum absolute atomic E-state index is 12.7. The summed E-state index contributed by atoms with van der Waals surface area (Å²) in [6.45, 7) is 7.51. The Kier molecular flexibility index (Phi) is 7.53. The van der Waals surface area contributed by atoms with E-state index in [1.54, 1.807) is 0 Å². The fraction of sp³-hybridized carbons (Fsp3) is 0.600. The van der Waals surface area contributed by atoms with Crippen molar-refractivity contribution in [3.63, 3.8) is 0 Å². The maximum Gasteiger partial charge on any atom is 0.252 e. The van der Waals surface area contributed by atoms with Gasteiger partial charge in [0.25, 0.3) is 5.91 Å². The summed E-state index contributed by atoms with van der Waals surface area (Å²) >= 11 is 1.45. The molecular formula is C20H31N3O2S. The van der Waals surface area contributed by atoms with Gasteiger partial charge >= 0.3 is 0 Å². The standard InChI is InChI=1S/C20H31N3O2S/c1-20(2,15-22(3)4)14-21-19(25)16-9-5-6-10-17(16)26-13-18(24)23-11-7-8-12-23/h5-6,9-10H,7-8,11-15H2,1-4H3,(H,21,25). The van der Waals surface area contributed by atoms with Crippen LogP contribution in [0.1, 0.15) is 37.0 Å². The lowest BCUT2D eigenvalue weighted by atomic mass is 9.93. The Balaban J connectivity index is 1.94. The average Bonchev–Trinajstić information content (AvgIpc) is 3.11. The third kappa shape index (κ3) is 6.32. The molecule has 6 heteroatoms. The Morgan fingerprint density at radius 1 is 1.19 bits per heavy atom. The largest absolute Gasteiger partial charge is 0.351 e. The molecule has 1 saturated heterocycles. The summed E-state index contributed by atoms with van der Waals surface area (Å²) in [5.41, 5.74) is 0.639. The van der Waals surface area contributed by atoms with Crippen LogP contribution in [0.25, 0.3) is 0 Å². The molecule has 0 atom stereocenters. The number of amides is 2. The van der Waals surface area contributed by atoms with Gasteiger partial charge < -0.3 is 15.1 Å². The number of nitrogens with one attached hydrogen (secondary N) is 1. The molecule has 1 heterocycles. The van der Waals surface area contributed by atoms with E-state index in [4.69, 9.17) is 0 Å². The molecule has 1 aliphatic heterocycles. The Bertz CT molecular complexity index is 625. The van der Waals surface area contributed by atoms with Gasteiger partial charge in [0.1, 0.15) is 0 Å². The summed E-state index contributed by atoms with van der Waals surface area (Å²) in [5.74, 6) is 0.472. The van der Waals surface area contributed by atoms with Crippen molar-refractivity contribution in [1.82, 2.24) is 15.1 Å². The van der Waals surface area contributed by atoms with Gasteiger partial charge in [-0.05, 0) is 44.5 Å². The third-order valence-corrected chi connectivity index (χ3v) is 5.47. The lowest BCUT2D eigenvalue weighted by molar-refractivity contribution is -0.127. The second-order valence-electron chi connectivity index (χ2n) is 7.96. The first-order valence-corrected chi connectivity index (χ1v) is 10.2. The number of carbonyl (C=O) groups is 2. The Hall–Kier alpha value is -1.53. The molecule has 0 aliphatic carbocycles. The van der Waals surface area contributed by atoms with Crippen molar-refractivity contribution < 1.29 is 9.59 Å². The van der Waals surface area contributed by atoms with Gasteiger partial charge in [0.2, 0.25) is 5.91 Å². The summed E-state index contributed by atoms with van der Waals surface area (Å²) < 4.78 is 0. The first-order valence-electron chi connectivity index (χ1n) is 9.21. The van der Waals surface area contributed by atoms with E-state index in [9.17, 15) is 9.59 Å². The molecule has 144 valence electrons. The highest BCUT2D eigenvalue weighted by Crippen LogP contribution is 2.24. The van der Waals surface area contributed by atoms with Gasteiger partial charge in [0, 0.05) is 31.1 Å². The maximum atomic E-state index is 12.7. The van der Waals surface area contributed by atoms with E-state index in [2.05, 4.69) is 24.1 Å². The van der Waals surface area contributed by atoms with E-state index in [1.807, 2.05) is 43.3 Å². The summed E-state index contributed by atoms with van der Waals surface area (Å²) in [4.78, 5) is 29.8. The Labute approximate surface area is 161 Å². The molecular weight excluding hydrogens is 346 g/mol. The van der Waals surface area contributed by atoms with Crippen LogP contribution in [0.15, 0.2) is 29.2 Å². The van der Waals surface area contributed by atoms with Crippen molar-refractivity contribution in [1.29, 1.82) is 0 Å². The van der Waals surface area contributed by atoms with Crippen LogP contribution in [-0.4, -0.2) is 67.6 Å². The molecule has 1 fully saturated rings. The molecule has 1 aromatic carbocycles. The summed E-state index contributed by atoms with van der Waals surface area (Å²) in [6.07, 6.45) is 2.19. The SMILES string of the molecule is CN(C)CC(C)(C)CNC(=O)c1ccccc1SCC(=O)N1CCCC1. The fourth-order valence-electron chi connectivity index (χ4n) is 3.30. The minimum Gasteiger partial charge on any atom is -0.351 e. The summed E-state index contributed by atoms with van der Waals surface area (Å²) in [5, 5.41) is 3.05. The number of thioether (sulfide) groups is 1. The number of nitrogens with zero attached hydrogens (tertiary/aromatic N) is 2. The number of benzene rings is 1. The van der Waals surface area contributed by atoms with Crippen LogP contribution in [-0.2, 0) is 4.79 Å². The van der Waals surface area contributed by atoms with Crippen molar-refractivity contribution >= 4 is 23.6 Å². The van der Waals surface area contributed by atoms with E-state index in [0.29, 0.717) is 17.9 Å². The third-order valence-electron chi connectivity index (χ3n) is 4.41. The van der Waals surface area contributed by atoms with Gasteiger partial charge in [-0.3, -0.25) is 9.59 Å². The lowest BCUT2D eigenvalue weighted by Gasteiger charge is -2.28. The van der Waals surface area contributed by atoms with Crippen molar-refractivity contribution in [3.05, 3.63) is 29.8 Å². The van der Waals surface area contributed by atoms with Crippen LogP contribution >= 0.6 is 11.8 Å². The number of hydrogen-bond donors (Lipinski definition) is 1. The van der Waals surface area contributed by atoms with Crippen LogP contribution in [0.3, 0.4) is 0 Å². The number of carbonyl (C=O) groups excluding carboxylic acids is 2. The monoisotopic (exact) mass is 377 g/mol. The van der Waals surface area contributed by atoms with E-state index >= 15 is 0 Å². The van der Waals surface area contributed by atoms with Crippen molar-refractivity contribution in [3.8, 4) is 0 Å². The topological polar surface area (TPSA) is 52.7 Å². The first kappa shape index (κ1) is 20.8. The second kappa shape index (κ2) is 9.42. The second-order valence-corrected chi connectivity index (χ2v) is 8.97.